The second-order valence-electron chi connectivity index (χ2n) is 5.38. The Kier molecular flexibility index (Phi) is 5.27. The third kappa shape index (κ3) is 3.95. The molecule has 0 aliphatic heterocycles. The van der Waals surface area contributed by atoms with Crippen LogP contribution >= 0.6 is 23.2 Å². The fourth-order valence-electron chi connectivity index (χ4n) is 2.41. The van der Waals surface area contributed by atoms with Crippen molar-refractivity contribution in [2.75, 3.05) is 0 Å². The maximum atomic E-state index is 6.16. The third-order valence-electron chi connectivity index (χ3n) is 3.68. The van der Waals surface area contributed by atoms with Gasteiger partial charge in [0.15, 0.2) is 5.82 Å². The van der Waals surface area contributed by atoms with Crippen LogP contribution in [0.5, 0.6) is 0 Å². The fourth-order valence-corrected chi connectivity index (χ4v) is 2.81. The standard InChI is InChI=1S/C20H15Cl2N3/c1-3-17(22)16(13(2)21)11-15-8-6-10-19(24-15)20-23-12-14-7-4-5-9-18(14)25-20/h3-10,12H,1-2,11H2/b17-16+. The van der Waals surface area contributed by atoms with Crippen LogP contribution in [-0.4, -0.2) is 15.0 Å². The molecular weight excluding hydrogens is 353 g/mol. The molecule has 0 saturated heterocycles. The van der Waals surface area contributed by atoms with Crippen molar-refractivity contribution >= 4 is 34.1 Å². The van der Waals surface area contributed by atoms with Crippen LogP contribution in [0.15, 0.2) is 83.5 Å². The van der Waals surface area contributed by atoms with E-state index < -0.39 is 0 Å². The Bertz CT molecular complexity index is 993. The Morgan fingerprint density at radius 3 is 2.60 bits per heavy atom. The van der Waals surface area contributed by atoms with Crippen LogP contribution in [0.3, 0.4) is 0 Å². The first kappa shape index (κ1) is 17.3. The molecule has 25 heavy (non-hydrogen) atoms. The number of halogens is 2. The van der Waals surface area contributed by atoms with E-state index >= 15 is 0 Å². The van der Waals surface area contributed by atoms with Gasteiger partial charge in [0.25, 0.3) is 0 Å². The van der Waals surface area contributed by atoms with Crippen molar-refractivity contribution in [1.29, 1.82) is 0 Å². The molecular formula is C20H15Cl2N3. The van der Waals surface area contributed by atoms with Crippen LogP contribution in [0, 0.1) is 0 Å². The molecule has 0 unspecified atom stereocenters. The van der Waals surface area contributed by atoms with E-state index in [0.29, 0.717) is 33.6 Å². The van der Waals surface area contributed by atoms with Crippen molar-refractivity contribution in [2.24, 2.45) is 0 Å². The van der Waals surface area contributed by atoms with Crippen molar-refractivity contribution in [3.05, 3.63) is 89.2 Å². The number of hydrogen-bond acceptors (Lipinski definition) is 3. The van der Waals surface area contributed by atoms with Gasteiger partial charge in [-0.2, -0.15) is 0 Å². The smallest absolute Gasteiger partial charge is 0.178 e. The molecule has 0 bridgehead atoms. The van der Waals surface area contributed by atoms with E-state index in [9.17, 15) is 0 Å². The Morgan fingerprint density at radius 2 is 1.84 bits per heavy atom. The number of para-hydroxylation sites is 1. The lowest BCUT2D eigenvalue weighted by Crippen LogP contribution is -1.99. The number of rotatable bonds is 5. The van der Waals surface area contributed by atoms with Crippen molar-refractivity contribution in [3.8, 4) is 11.5 Å². The zero-order valence-corrected chi connectivity index (χ0v) is 14.9. The summed E-state index contributed by atoms with van der Waals surface area (Å²) in [5.41, 5.74) is 3.06. The normalized spacial score (nSPS) is 11.9. The number of fused-ring (bicyclic) bond motifs is 1. The first-order chi connectivity index (χ1) is 12.1. The Balaban J connectivity index is 1.98. The lowest BCUT2D eigenvalue weighted by Gasteiger charge is -2.08. The van der Waals surface area contributed by atoms with Gasteiger partial charge >= 0.3 is 0 Å². The van der Waals surface area contributed by atoms with Gasteiger partial charge in [0, 0.05) is 33.8 Å². The molecule has 1 aromatic carbocycles. The molecule has 2 aromatic heterocycles. The molecule has 0 aliphatic carbocycles. The summed E-state index contributed by atoms with van der Waals surface area (Å²) in [7, 11) is 0. The van der Waals surface area contributed by atoms with Crippen molar-refractivity contribution < 1.29 is 0 Å². The zero-order chi connectivity index (χ0) is 17.8. The van der Waals surface area contributed by atoms with Gasteiger partial charge < -0.3 is 0 Å². The molecule has 0 amide bonds. The summed E-state index contributed by atoms with van der Waals surface area (Å²) in [6.45, 7) is 7.43. The summed E-state index contributed by atoms with van der Waals surface area (Å²) in [6.07, 6.45) is 3.79. The number of allylic oxidation sites excluding steroid dienone is 4. The lowest BCUT2D eigenvalue weighted by atomic mass is 10.1. The third-order valence-corrected chi connectivity index (χ3v) is 4.29. The number of pyridine rings is 1. The van der Waals surface area contributed by atoms with Crippen LogP contribution in [-0.2, 0) is 6.42 Å². The van der Waals surface area contributed by atoms with E-state index in [1.54, 1.807) is 12.3 Å². The molecule has 0 radical (unpaired) electrons. The fraction of sp³-hybridized carbons (Fsp3) is 0.0500. The maximum absolute atomic E-state index is 6.16. The van der Waals surface area contributed by atoms with Crippen molar-refractivity contribution in [3.63, 3.8) is 0 Å². The lowest BCUT2D eigenvalue weighted by molar-refractivity contribution is 1.05. The topological polar surface area (TPSA) is 38.7 Å². The molecule has 0 fully saturated rings. The molecule has 0 saturated carbocycles. The molecule has 3 nitrogen and oxygen atoms in total. The monoisotopic (exact) mass is 367 g/mol. The van der Waals surface area contributed by atoms with E-state index in [4.69, 9.17) is 23.2 Å². The molecule has 0 aliphatic rings. The number of benzene rings is 1. The molecule has 0 spiro atoms. The first-order valence-electron chi connectivity index (χ1n) is 7.62. The molecule has 2 heterocycles. The van der Waals surface area contributed by atoms with E-state index in [2.05, 4.69) is 28.1 Å². The van der Waals surface area contributed by atoms with Crippen LogP contribution < -0.4 is 0 Å². The average molecular weight is 368 g/mol. The summed E-state index contributed by atoms with van der Waals surface area (Å²) in [5, 5.41) is 1.83. The van der Waals surface area contributed by atoms with Gasteiger partial charge in [-0.1, -0.05) is 66.7 Å². The predicted molar refractivity (Wildman–Crippen MR) is 105 cm³/mol. The molecule has 0 N–H and O–H groups in total. The van der Waals surface area contributed by atoms with Crippen LogP contribution in [0.25, 0.3) is 22.4 Å². The summed E-state index contributed by atoms with van der Waals surface area (Å²) in [6, 6.07) is 13.5. The minimum Gasteiger partial charge on any atom is -0.249 e. The van der Waals surface area contributed by atoms with Gasteiger partial charge in [-0.25, -0.2) is 15.0 Å². The quantitative estimate of drug-likeness (QED) is 0.545. The Labute approximate surface area is 156 Å². The van der Waals surface area contributed by atoms with Gasteiger partial charge in [-0.15, -0.1) is 0 Å². The highest BCUT2D eigenvalue weighted by molar-refractivity contribution is 6.36. The Hall–Kier alpha value is -2.49. The average Bonchev–Trinajstić information content (AvgIpc) is 2.65. The van der Waals surface area contributed by atoms with Crippen LogP contribution in [0.1, 0.15) is 5.69 Å². The van der Waals surface area contributed by atoms with Crippen molar-refractivity contribution in [1.82, 2.24) is 15.0 Å². The highest BCUT2D eigenvalue weighted by atomic mass is 35.5. The van der Waals surface area contributed by atoms with E-state index in [0.717, 1.165) is 16.6 Å². The molecule has 0 atom stereocenters. The molecule has 5 heteroatoms. The summed E-state index contributed by atoms with van der Waals surface area (Å²) in [5.74, 6) is 0.575. The van der Waals surface area contributed by atoms with Crippen molar-refractivity contribution in [2.45, 2.75) is 6.42 Å². The molecule has 124 valence electrons. The van der Waals surface area contributed by atoms with Gasteiger partial charge in [-0.05, 0) is 23.8 Å². The summed E-state index contributed by atoms with van der Waals surface area (Å²) in [4.78, 5) is 13.6. The van der Waals surface area contributed by atoms with E-state index in [1.165, 1.54) is 0 Å². The second kappa shape index (κ2) is 7.60. The second-order valence-corrected chi connectivity index (χ2v) is 6.24. The van der Waals surface area contributed by atoms with Gasteiger partial charge in [0.1, 0.15) is 5.69 Å². The molecule has 3 aromatic rings. The summed E-state index contributed by atoms with van der Waals surface area (Å²) < 4.78 is 0. The predicted octanol–water partition coefficient (Wildman–Crippen LogP) is 5.67. The van der Waals surface area contributed by atoms with Gasteiger partial charge in [0.05, 0.1) is 5.52 Å². The number of hydrogen-bond donors (Lipinski definition) is 0. The van der Waals surface area contributed by atoms with Crippen LogP contribution in [0.2, 0.25) is 0 Å². The SMILES string of the molecule is C=C/C(Cl)=C(/Cc1cccc(-c2ncc3ccccc3n2)n1)C(=C)Cl. The Morgan fingerprint density at radius 1 is 1.04 bits per heavy atom. The van der Waals surface area contributed by atoms with Gasteiger partial charge in [0.2, 0.25) is 0 Å². The van der Waals surface area contributed by atoms with Gasteiger partial charge in [-0.3, -0.25) is 0 Å². The highest BCUT2D eigenvalue weighted by Gasteiger charge is 2.10. The minimum atomic E-state index is 0.374. The minimum absolute atomic E-state index is 0.374. The first-order valence-corrected chi connectivity index (χ1v) is 8.38. The number of nitrogens with zero attached hydrogens (tertiary/aromatic N) is 3. The van der Waals surface area contributed by atoms with E-state index in [-0.39, 0.29) is 0 Å². The molecule has 3 rings (SSSR count). The van der Waals surface area contributed by atoms with E-state index in [1.807, 2.05) is 42.5 Å². The maximum Gasteiger partial charge on any atom is 0.178 e. The summed E-state index contributed by atoms with van der Waals surface area (Å²) >= 11 is 12.2. The van der Waals surface area contributed by atoms with Crippen LogP contribution in [0.4, 0.5) is 0 Å². The highest BCUT2D eigenvalue weighted by Crippen LogP contribution is 2.25. The zero-order valence-electron chi connectivity index (χ0n) is 13.4. The largest absolute Gasteiger partial charge is 0.249 e. The number of aromatic nitrogens is 3.